The van der Waals surface area contributed by atoms with Crippen molar-refractivity contribution in [3.05, 3.63) is 30.3 Å². The van der Waals surface area contributed by atoms with Crippen molar-refractivity contribution < 1.29 is 13.2 Å². The minimum Gasteiger partial charge on any atom is -0.497 e. The minimum absolute atomic E-state index is 0.130. The highest BCUT2D eigenvalue weighted by molar-refractivity contribution is 7.91. The molecule has 0 unspecified atom stereocenters. The van der Waals surface area contributed by atoms with Crippen LogP contribution in [0.1, 0.15) is 6.92 Å². The minimum atomic E-state index is -2.97. The zero-order valence-corrected chi connectivity index (χ0v) is 13.9. The highest BCUT2D eigenvalue weighted by atomic mass is 32.2. The van der Waals surface area contributed by atoms with E-state index in [4.69, 9.17) is 4.74 Å². The topological polar surface area (TPSA) is 75.3 Å². The lowest BCUT2D eigenvalue weighted by Crippen LogP contribution is -2.26. The number of aromatic amines is 1. The van der Waals surface area contributed by atoms with Crippen molar-refractivity contribution in [3.8, 4) is 17.0 Å². The van der Waals surface area contributed by atoms with Gasteiger partial charge in [0.15, 0.2) is 15.7 Å². The van der Waals surface area contributed by atoms with Crippen LogP contribution in [0.15, 0.2) is 30.3 Å². The van der Waals surface area contributed by atoms with Gasteiger partial charge in [0.25, 0.3) is 0 Å². The van der Waals surface area contributed by atoms with Gasteiger partial charge in [-0.2, -0.15) is 5.10 Å². The van der Waals surface area contributed by atoms with E-state index in [1.165, 1.54) is 0 Å². The summed E-state index contributed by atoms with van der Waals surface area (Å²) in [6.45, 7) is 2.08. The lowest BCUT2D eigenvalue weighted by atomic mass is 10.1. The Labute approximate surface area is 131 Å². The molecule has 1 N–H and O–H groups in total. The number of aromatic nitrogens is 2. The molecule has 0 radical (unpaired) electrons. The van der Waals surface area contributed by atoms with Crippen LogP contribution >= 0.6 is 0 Å². The molecule has 0 fully saturated rings. The maximum absolute atomic E-state index is 11.6. The zero-order chi connectivity index (χ0) is 16.2. The summed E-state index contributed by atoms with van der Waals surface area (Å²) >= 11 is 0. The third-order valence-corrected chi connectivity index (χ3v) is 5.22. The molecule has 1 heterocycles. The largest absolute Gasteiger partial charge is 0.497 e. The van der Waals surface area contributed by atoms with Gasteiger partial charge in [0.05, 0.1) is 18.6 Å². The van der Waals surface area contributed by atoms with E-state index in [2.05, 4.69) is 10.2 Å². The van der Waals surface area contributed by atoms with Crippen LogP contribution in [-0.2, 0) is 9.84 Å². The Balaban J connectivity index is 2.06. The molecule has 1 aromatic heterocycles. The first-order valence-corrected chi connectivity index (χ1v) is 8.88. The smallest absolute Gasteiger partial charge is 0.151 e. The van der Waals surface area contributed by atoms with Gasteiger partial charge in [0, 0.05) is 25.4 Å². The van der Waals surface area contributed by atoms with Crippen LogP contribution in [0.2, 0.25) is 0 Å². The van der Waals surface area contributed by atoms with Crippen LogP contribution in [0.25, 0.3) is 11.3 Å². The van der Waals surface area contributed by atoms with Gasteiger partial charge in [-0.1, -0.05) is 6.92 Å². The number of rotatable bonds is 7. The van der Waals surface area contributed by atoms with Gasteiger partial charge in [-0.15, -0.1) is 0 Å². The van der Waals surface area contributed by atoms with Gasteiger partial charge in [-0.3, -0.25) is 5.10 Å². The van der Waals surface area contributed by atoms with Crippen molar-refractivity contribution >= 4 is 15.7 Å². The zero-order valence-electron chi connectivity index (χ0n) is 13.0. The average molecular weight is 323 g/mol. The second-order valence-electron chi connectivity index (χ2n) is 5.03. The fourth-order valence-corrected chi connectivity index (χ4v) is 2.80. The first-order valence-electron chi connectivity index (χ1n) is 7.06. The Morgan fingerprint density at radius 2 is 1.95 bits per heavy atom. The van der Waals surface area contributed by atoms with Crippen molar-refractivity contribution in [2.24, 2.45) is 0 Å². The molecule has 0 spiro atoms. The van der Waals surface area contributed by atoms with Gasteiger partial charge < -0.3 is 9.64 Å². The number of hydrogen-bond acceptors (Lipinski definition) is 5. The molecule has 0 saturated carbocycles. The van der Waals surface area contributed by atoms with E-state index in [1.807, 2.05) is 42.3 Å². The van der Waals surface area contributed by atoms with Crippen LogP contribution in [0.4, 0.5) is 5.82 Å². The highest BCUT2D eigenvalue weighted by Crippen LogP contribution is 2.23. The second kappa shape index (κ2) is 6.83. The number of ether oxygens (including phenoxy) is 1. The maximum Gasteiger partial charge on any atom is 0.151 e. The van der Waals surface area contributed by atoms with Crippen LogP contribution in [-0.4, -0.2) is 50.8 Å². The predicted octanol–water partition coefficient (Wildman–Crippen LogP) is 1.96. The molecule has 0 aliphatic heterocycles. The fourth-order valence-electron chi connectivity index (χ4n) is 1.96. The summed E-state index contributed by atoms with van der Waals surface area (Å²) in [5.41, 5.74) is 1.87. The van der Waals surface area contributed by atoms with E-state index in [0.717, 1.165) is 22.8 Å². The molecule has 0 aliphatic rings. The van der Waals surface area contributed by atoms with Gasteiger partial charge in [0.2, 0.25) is 0 Å². The Kier molecular flexibility index (Phi) is 5.07. The summed E-state index contributed by atoms with van der Waals surface area (Å²) in [6.07, 6.45) is 0. The quantitative estimate of drug-likeness (QED) is 0.843. The number of hydrogen-bond donors (Lipinski definition) is 1. The molecule has 0 amide bonds. The second-order valence-corrected chi connectivity index (χ2v) is 7.50. The van der Waals surface area contributed by atoms with E-state index in [9.17, 15) is 8.42 Å². The molecule has 0 aliphatic carbocycles. The SMILES string of the molecule is CCS(=O)(=O)CCN(C)c1cc(-c2ccc(OC)cc2)[nH]n1. The van der Waals surface area contributed by atoms with Crippen molar-refractivity contribution in [2.45, 2.75) is 6.92 Å². The van der Waals surface area contributed by atoms with Gasteiger partial charge >= 0.3 is 0 Å². The van der Waals surface area contributed by atoms with Crippen LogP contribution in [0, 0.1) is 0 Å². The summed E-state index contributed by atoms with van der Waals surface area (Å²) in [4.78, 5) is 1.83. The standard InChI is InChI=1S/C15H21N3O3S/c1-4-22(19,20)10-9-18(2)15-11-14(16-17-15)12-5-7-13(21-3)8-6-12/h5-8,11H,4,9-10H2,1-3H3,(H,16,17). The maximum atomic E-state index is 11.6. The van der Waals surface area contributed by atoms with Crippen molar-refractivity contribution in [2.75, 3.05) is 37.1 Å². The van der Waals surface area contributed by atoms with Crippen molar-refractivity contribution in [3.63, 3.8) is 0 Å². The van der Waals surface area contributed by atoms with E-state index in [0.29, 0.717) is 6.54 Å². The molecule has 0 bridgehead atoms. The lowest BCUT2D eigenvalue weighted by molar-refractivity contribution is 0.415. The first-order chi connectivity index (χ1) is 10.4. The number of anilines is 1. The van der Waals surface area contributed by atoms with Crippen LogP contribution in [0.3, 0.4) is 0 Å². The normalized spacial score (nSPS) is 11.4. The number of nitrogens with one attached hydrogen (secondary N) is 1. The third-order valence-electron chi connectivity index (χ3n) is 3.53. The van der Waals surface area contributed by atoms with Gasteiger partial charge in [0.1, 0.15) is 5.75 Å². The molecule has 22 heavy (non-hydrogen) atoms. The fraction of sp³-hybridized carbons (Fsp3) is 0.400. The molecule has 120 valence electrons. The Morgan fingerprint density at radius 3 is 2.55 bits per heavy atom. The lowest BCUT2D eigenvalue weighted by Gasteiger charge is -2.15. The molecule has 0 atom stereocenters. The number of H-pyrrole nitrogens is 1. The summed E-state index contributed by atoms with van der Waals surface area (Å²) in [7, 11) is 0.491. The monoisotopic (exact) mass is 323 g/mol. The first kappa shape index (κ1) is 16.4. The van der Waals surface area contributed by atoms with E-state index in [-0.39, 0.29) is 11.5 Å². The van der Waals surface area contributed by atoms with Gasteiger partial charge in [-0.25, -0.2) is 8.42 Å². The van der Waals surface area contributed by atoms with Gasteiger partial charge in [-0.05, 0) is 29.8 Å². The molecule has 2 aromatic rings. The van der Waals surface area contributed by atoms with E-state index >= 15 is 0 Å². The number of methoxy groups -OCH3 is 1. The van der Waals surface area contributed by atoms with Crippen molar-refractivity contribution in [1.82, 2.24) is 10.2 Å². The number of sulfone groups is 1. The third kappa shape index (κ3) is 4.00. The molecule has 2 rings (SSSR count). The number of nitrogens with zero attached hydrogens (tertiary/aromatic N) is 2. The van der Waals surface area contributed by atoms with Crippen LogP contribution < -0.4 is 9.64 Å². The van der Waals surface area contributed by atoms with Crippen molar-refractivity contribution in [1.29, 1.82) is 0 Å². The summed E-state index contributed by atoms with van der Waals surface area (Å²) in [5.74, 6) is 1.81. The summed E-state index contributed by atoms with van der Waals surface area (Å²) in [5, 5.41) is 7.21. The predicted molar refractivity (Wildman–Crippen MR) is 88.2 cm³/mol. The van der Waals surface area contributed by atoms with Crippen LogP contribution in [0.5, 0.6) is 5.75 Å². The molecule has 7 heteroatoms. The molecule has 1 aromatic carbocycles. The molecule has 0 saturated heterocycles. The summed E-state index contributed by atoms with van der Waals surface area (Å²) < 4.78 is 28.2. The molecule has 6 nitrogen and oxygen atoms in total. The van der Waals surface area contributed by atoms with E-state index < -0.39 is 9.84 Å². The highest BCUT2D eigenvalue weighted by Gasteiger charge is 2.12. The molecular formula is C15H21N3O3S. The average Bonchev–Trinajstić information content (AvgIpc) is 3.03. The number of benzene rings is 1. The van der Waals surface area contributed by atoms with E-state index in [1.54, 1.807) is 14.0 Å². The molecular weight excluding hydrogens is 302 g/mol. The Hall–Kier alpha value is -2.02. The summed E-state index contributed by atoms with van der Waals surface area (Å²) in [6, 6.07) is 9.55. The Bertz CT molecular complexity index is 708. The Morgan fingerprint density at radius 1 is 1.27 bits per heavy atom.